The molecule has 1 aliphatic rings. The van der Waals surface area contributed by atoms with Gasteiger partial charge in [0.25, 0.3) is 0 Å². The minimum absolute atomic E-state index is 0.00501. The molecule has 0 N–H and O–H groups in total. The highest BCUT2D eigenvalue weighted by Crippen LogP contribution is 2.46. The summed E-state index contributed by atoms with van der Waals surface area (Å²) in [6, 6.07) is 17.0. The summed E-state index contributed by atoms with van der Waals surface area (Å²) in [4.78, 5) is 2.30. The number of benzene rings is 2. The Hall–Kier alpha value is -2.25. The lowest BCUT2D eigenvalue weighted by Crippen LogP contribution is -2.40. The number of hydrogen-bond donors (Lipinski definition) is 0. The average Bonchev–Trinajstić information content (AvgIpc) is 2.79. The smallest absolute Gasteiger partial charge is 0.130 e. The van der Waals surface area contributed by atoms with Crippen molar-refractivity contribution in [3.8, 4) is 6.07 Å². The quantitative estimate of drug-likeness (QED) is 0.433. The molecule has 31 heavy (non-hydrogen) atoms. The lowest BCUT2D eigenvalue weighted by molar-refractivity contribution is 0.175. The summed E-state index contributed by atoms with van der Waals surface area (Å²) in [5, 5.41) is 10.4. The molecule has 2 nitrogen and oxygen atoms in total. The van der Waals surface area contributed by atoms with Gasteiger partial charge in [-0.1, -0.05) is 62.6 Å². The molecular formula is C27H34F2N2. The lowest BCUT2D eigenvalue weighted by atomic mass is 9.63. The molecule has 2 aromatic carbocycles. The molecule has 3 rings (SSSR count). The van der Waals surface area contributed by atoms with Gasteiger partial charge in [0.05, 0.1) is 11.5 Å². The van der Waals surface area contributed by atoms with Crippen molar-refractivity contribution in [3.63, 3.8) is 0 Å². The molecule has 2 atom stereocenters. The van der Waals surface area contributed by atoms with Crippen LogP contribution in [0.1, 0.15) is 69.4 Å². The van der Waals surface area contributed by atoms with Gasteiger partial charge in [0.2, 0.25) is 0 Å². The first-order chi connectivity index (χ1) is 15.0. The number of nitrogens with zero attached hydrogens (tertiary/aromatic N) is 2. The van der Waals surface area contributed by atoms with Gasteiger partial charge in [0.1, 0.15) is 11.6 Å². The van der Waals surface area contributed by atoms with Crippen molar-refractivity contribution in [2.45, 2.75) is 76.3 Å². The van der Waals surface area contributed by atoms with Crippen LogP contribution in [-0.2, 0) is 12.0 Å². The Morgan fingerprint density at radius 2 is 1.68 bits per heavy atom. The highest BCUT2D eigenvalue weighted by atomic mass is 19.1. The van der Waals surface area contributed by atoms with Gasteiger partial charge in [0, 0.05) is 18.2 Å². The Morgan fingerprint density at radius 3 is 2.26 bits per heavy atom. The van der Waals surface area contributed by atoms with E-state index in [-0.39, 0.29) is 17.5 Å². The standard InChI is InChI=1S/C27H34F2N2/c1-3-23(31(2)19-21-11-6-4-7-12-21)17-18-27(20-30,22-13-8-5-9-14-22)26-24(28)15-10-16-25(26)29/h4,6-7,10-12,15-16,22-23H,3,5,8-9,13-14,17-19H2,1-2H3. The summed E-state index contributed by atoms with van der Waals surface area (Å²) >= 11 is 0. The molecule has 0 heterocycles. The molecule has 1 fully saturated rings. The topological polar surface area (TPSA) is 27.0 Å². The minimum Gasteiger partial charge on any atom is -0.299 e. The van der Waals surface area contributed by atoms with Crippen molar-refractivity contribution in [2.24, 2.45) is 5.92 Å². The van der Waals surface area contributed by atoms with Crippen LogP contribution in [0.2, 0.25) is 0 Å². The van der Waals surface area contributed by atoms with E-state index in [1.165, 1.54) is 23.8 Å². The molecule has 0 bridgehead atoms. The molecule has 166 valence electrons. The third-order valence-corrected chi connectivity index (χ3v) is 7.15. The fourth-order valence-electron chi connectivity index (χ4n) is 5.39. The van der Waals surface area contributed by atoms with Crippen LogP contribution in [0.5, 0.6) is 0 Å². The maximum Gasteiger partial charge on any atom is 0.130 e. The second-order valence-corrected chi connectivity index (χ2v) is 9.02. The van der Waals surface area contributed by atoms with E-state index in [0.29, 0.717) is 6.42 Å². The van der Waals surface area contributed by atoms with Gasteiger partial charge < -0.3 is 0 Å². The van der Waals surface area contributed by atoms with Crippen molar-refractivity contribution in [1.82, 2.24) is 4.90 Å². The SMILES string of the molecule is CCC(CCC(C#N)(c1c(F)cccc1F)C1CCCCC1)N(C)Cc1ccccc1. The van der Waals surface area contributed by atoms with Crippen LogP contribution < -0.4 is 0 Å². The first-order valence-corrected chi connectivity index (χ1v) is 11.6. The van der Waals surface area contributed by atoms with Crippen LogP contribution >= 0.6 is 0 Å². The molecule has 0 aliphatic heterocycles. The van der Waals surface area contributed by atoms with Crippen molar-refractivity contribution in [3.05, 3.63) is 71.3 Å². The van der Waals surface area contributed by atoms with Gasteiger partial charge in [-0.25, -0.2) is 8.78 Å². The number of halogens is 2. The van der Waals surface area contributed by atoms with E-state index < -0.39 is 17.0 Å². The number of nitriles is 1. The number of rotatable bonds is 9. The van der Waals surface area contributed by atoms with Gasteiger partial charge in [-0.3, -0.25) is 4.90 Å². The van der Waals surface area contributed by atoms with E-state index in [1.54, 1.807) is 0 Å². The highest BCUT2D eigenvalue weighted by molar-refractivity contribution is 5.36. The second kappa shape index (κ2) is 10.9. The molecule has 0 spiro atoms. The Labute approximate surface area is 185 Å². The predicted molar refractivity (Wildman–Crippen MR) is 121 cm³/mol. The predicted octanol–water partition coefficient (Wildman–Crippen LogP) is 7.00. The van der Waals surface area contributed by atoms with E-state index in [9.17, 15) is 14.0 Å². The van der Waals surface area contributed by atoms with Gasteiger partial charge >= 0.3 is 0 Å². The Kier molecular flexibility index (Phi) is 8.21. The molecule has 0 amide bonds. The molecule has 2 unspecified atom stereocenters. The zero-order valence-electron chi connectivity index (χ0n) is 18.8. The van der Waals surface area contributed by atoms with Crippen LogP contribution in [0.25, 0.3) is 0 Å². The second-order valence-electron chi connectivity index (χ2n) is 9.02. The van der Waals surface area contributed by atoms with E-state index in [4.69, 9.17) is 0 Å². The van der Waals surface area contributed by atoms with Crippen LogP contribution in [0.4, 0.5) is 8.78 Å². The van der Waals surface area contributed by atoms with Crippen LogP contribution in [-0.4, -0.2) is 18.0 Å². The summed E-state index contributed by atoms with van der Waals surface area (Å²) in [7, 11) is 2.10. The molecule has 1 saturated carbocycles. The van der Waals surface area contributed by atoms with E-state index in [0.717, 1.165) is 51.5 Å². The van der Waals surface area contributed by atoms with Gasteiger partial charge in [-0.05, 0) is 62.8 Å². The van der Waals surface area contributed by atoms with Crippen molar-refractivity contribution in [2.75, 3.05) is 7.05 Å². The Balaban J connectivity index is 1.86. The monoisotopic (exact) mass is 424 g/mol. The maximum atomic E-state index is 14.9. The van der Waals surface area contributed by atoms with Crippen LogP contribution in [0.15, 0.2) is 48.5 Å². The van der Waals surface area contributed by atoms with Crippen LogP contribution in [0, 0.1) is 28.9 Å². The third kappa shape index (κ3) is 5.33. The molecular weight excluding hydrogens is 390 g/mol. The van der Waals surface area contributed by atoms with E-state index >= 15 is 0 Å². The first-order valence-electron chi connectivity index (χ1n) is 11.6. The van der Waals surface area contributed by atoms with Crippen LogP contribution in [0.3, 0.4) is 0 Å². The fourth-order valence-corrected chi connectivity index (χ4v) is 5.39. The van der Waals surface area contributed by atoms with Gasteiger partial charge in [0.15, 0.2) is 0 Å². The number of hydrogen-bond acceptors (Lipinski definition) is 2. The summed E-state index contributed by atoms with van der Waals surface area (Å²) in [6.07, 6.45) is 7.03. The van der Waals surface area contributed by atoms with E-state index in [2.05, 4.69) is 37.1 Å². The molecule has 0 aromatic heterocycles. The maximum absolute atomic E-state index is 14.9. The fraction of sp³-hybridized carbons (Fsp3) is 0.519. The summed E-state index contributed by atoms with van der Waals surface area (Å²) in [6.45, 7) is 2.96. The molecule has 2 aromatic rings. The normalized spacial score (nSPS) is 17.8. The molecule has 4 heteroatoms. The lowest BCUT2D eigenvalue weighted by Gasteiger charge is -2.40. The molecule has 0 radical (unpaired) electrons. The Bertz CT molecular complexity index is 850. The largest absolute Gasteiger partial charge is 0.299 e. The minimum atomic E-state index is -1.11. The zero-order chi connectivity index (χ0) is 22.3. The highest BCUT2D eigenvalue weighted by Gasteiger charge is 2.45. The summed E-state index contributed by atoms with van der Waals surface area (Å²) in [5.74, 6) is -1.18. The van der Waals surface area contributed by atoms with Crippen molar-refractivity contribution >= 4 is 0 Å². The summed E-state index contributed by atoms with van der Waals surface area (Å²) in [5.41, 5.74) is 0.115. The van der Waals surface area contributed by atoms with Crippen molar-refractivity contribution < 1.29 is 8.78 Å². The molecule has 0 saturated heterocycles. The van der Waals surface area contributed by atoms with Crippen molar-refractivity contribution in [1.29, 1.82) is 5.26 Å². The third-order valence-electron chi connectivity index (χ3n) is 7.15. The zero-order valence-corrected chi connectivity index (χ0v) is 18.8. The first kappa shape index (κ1) is 23.4. The average molecular weight is 425 g/mol. The van der Waals surface area contributed by atoms with E-state index in [1.807, 2.05) is 18.2 Å². The summed E-state index contributed by atoms with van der Waals surface area (Å²) < 4.78 is 29.9. The molecule has 1 aliphatic carbocycles. The van der Waals surface area contributed by atoms with Gasteiger partial charge in [-0.15, -0.1) is 0 Å². The van der Waals surface area contributed by atoms with Gasteiger partial charge in [-0.2, -0.15) is 5.26 Å². The Morgan fingerprint density at radius 1 is 1.03 bits per heavy atom.